The van der Waals surface area contributed by atoms with Crippen LogP contribution in [0, 0.1) is 0 Å². The average Bonchev–Trinajstić information content (AvgIpc) is 1.41. The van der Waals surface area contributed by atoms with E-state index in [0.717, 1.165) is 0 Å². The summed E-state index contributed by atoms with van der Waals surface area (Å²) in [5.74, 6) is 0. The predicted molar refractivity (Wildman–Crippen MR) is 92.6 cm³/mol. The molecule has 0 spiro atoms. The van der Waals surface area contributed by atoms with Crippen LogP contribution >= 0.6 is 86.0 Å². The van der Waals surface area contributed by atoms with E-state index in [1.807, 2.05) is 0 Å². The van der Waals surface area contributed by atoms with E-state index < -0.39 is 0 Å². The van der Waals surface area contributed by atoms with Crippen LogP contribution in [0.3, 0.4) is 0 Å². The predicted octanol–water partition coefficient (Wildman–Crippen LogP) is 4.04. The van der Waals surface area contributed by atoms with Gasteiger partial charge in [0.25, 0.3) is 0 Å². The Kier molecular flexibility index (Phi) is 1900. The first-order valence-corrected chi connectivity index (χ1v) is 1.80. The third kappa shape index (κ3) is 263. The van der Waals surface area contributed by atoms with Gasteiger partial charge in [0, 0.05) is 12.1 Å². The van der Waals surface area contributed by atoms with Crippen molar-refractivity contribution in [3.05, 3.63) is 11.6 Å². The summed E-state index contributed by atoms with van der Waals surface area (Å²) in [4.78, 5) is 0. The Morgan fingerprint density at radius 2 is 0.875 bits per heavy atom. The summed E-state index contributed by atoms with van der Waals surface area (Å²) in [6.07, 6.45) is 1.67. The van der Waals surface area contributed by atoms with Gasteiger partial charge in [-0.2, -0.15) is 0 Å². The van der Waals surface area contributed by atoms with Crippen LogP contribution in [0.5, 0.6) is 0 Å². The third-order valence-electron chi connectivity index (χ3n) is 0.225. The molecule has 0 saturated heterocycles. The lowest BCUT2D eigenvalue weighted by Crippen LogP contribution is -1.90. The van der Waals surface area contributed by atoms with Gasteiger partial charge in [-0.25, -0.2) is 0 Å². The van der Waals surface area contributed by atoms with Crippen molar-refractivity contribution >= 4 is 86.0 Å². The van der Waals surface area contributed by atoms with Gasteiger partial charge in [-0.15, -0.1) is 74.4 Å². The minimum Gasteiger partial charge on any atom is -0.344 e. The van der Waals surface area contributed by atoms with E-state index in [4.69, 9.17) is 17.3 Å². The second-order valence-electron chi connectivity index (χ2n) is 0.597. The van der Waals surface area contributed by atoms with E-state index in [1.54, 1.807) is 6.08 Å². The van der Waals surface area contributed by atoms with Crippen molar-refractivity contribution in [2.75, 3.05) is 6.54 Å². The summed E-state index contributed by atoms with van der Waals surface area (Å²) in [6.45, 7) is 0.531. The van der Waals surface area contributed by atoms with Crippen LogP contribution in [-0.4, -0.2) is 6.54 Å². The Balaban J connectivity index is -0.00000000145. The minimum atomic E-state index is 0. The Bertz CT molecular complexity index is 51.1. The van der Waals surface area contributed by atoms with E-state index in [9.17, 15) is 0 Å². The van der Waals surface area contributed by atoms with Crippen LogP contribution < -0.4 is 36.5 Å². The molecule has 6 nitrogen and oxygen atoms in total. The van der Waals surface area contributed by atoms with E-state index in [-0.39, 0.29) is 105 Å². The van der Waals surface area contributed by atoms with Gasteiger partial charge in [-0.05, 0) is 0 Å². The largest absolute Gasteiger partial charge is 0.344 e. The SMILES string of the molecule is Cl.Cl.Cl.Cl.Cl.Cl.N.N.N.N.N.NCC=CCl. The molecular weight excluding hydrogens is 368 g/mol. The zero-order valence-electron chi connectivity index (χ0n) is 8.80. The molecule has 0 aliphatic carbocycles. The number of nitrogens with two attached hydrogens (primary N) is 1. The molecule has 0 saturated carbocycles. The highest BCUT2D eigenvalue weighted by Crippen LogP contribution is 1.70. The first-order chi connectivity index (χ1) is 2.41. The molecule has 16 heavy (non-hydrogen) atoms. The lowest BCUT2D eigenvalue weighted by molar-refractivity contribution is 1.26. The molecule has 0 aromatic carbocycles. The summed E-state index contributed by atoms with van der Waals surface area (Å²) in [6, 6.07) is 0. The molecule has 0 unspecified atom stereocenters. The lowest BCUT2D eigenvalue weighted by atomic mass is 10.7. The normalized spacial score (nSPS) is 3.12. The average molecular weight is 395 g/mol. The van der Waals surface area contributed by atoms with Crippen LogP contribution in [0.1, 0.15) is 0 Å². The standard InChI is InChI=1S/C3H6ClN.6ClH.5H3N/c4-2-1-3-5;;;;;;;;;;;/h1-2H,3,5H2;6*1H;5*1H3. The summed E-state index contributed by atoms with van der Waals surface area (Å²) in [7, 11) is 0. The van der Waals surface area contributed by atoms with Gasteiger partial charge in [0.2, 0.25) is 0 Å². The van der Waals surface area contributed by atoms with Crippen LogP contribution in [0.4, 0.5) is 0 Å². The summed E-state index contributed by atoms with van der Waals surface area (Å²) in [5.41, 5.74) is 6.37. The van der Waals surface area contributed by atoms with Crippen molar-refractivity contribution < 1.29 is 0 Å². The second-order valence-corrected chi connectivity index (χ2v) is 0.849. The monoisotopic (exact) mass is 392 g/mol. The first-order valence-electron chi connectivity index (χ1n) is 1.37. The topological polar surface area (TPSA) is 201 Å². The van der Waals surface area contributed by atoms with Gasteiger partial charge in [0.05, 0.1) is 0 Å². The maximum atomic E-state index is 5.04. The van der Waals surface area contributed by atoms with Crippen molar-refractivity contribution in [1.82, 2.24) is 30.8 Å². The molecule has 118 valence electrons. The van der Waals surface area contributed by atoms with E-state index in [2.05, 4.69) is 0 Å². The molecular formula is C3H27Cl7N6. The number of halogens is 7. The molecule has 0 rings (SSSR count). The smallest absolute Gasteiger partial charge is 0.0118 e. The lowest BCUT2D eigenvalue weighted by Gasteiger charge is -1.65. The minimum absolute atomic E-state index is 0. The van der Waals surface area contributed by atoms with Gasteiger partial charge in [-0.1, -0.05) is 17.7 Å². The van der Waals surface area contributed by atoms with E-state index >= 15 is 0 Å². The fourth-order valence-corrected chi connectivity index (χ4v) is 0.154. The van der Waals surface area contributed by atoms with Gasteiger partial charge >= 0.3 is 0 Å². The van der Waals surface area contributed by atoms with Gasteiger partial charge in [0.15, 0.2) is 0 Å². The molecule has 17 N–H and O–H groups in total. The van der Waals surface area contributed by atoms with E-state index in [1.165, 1.54) is 5.54 Å². The van der Waals surface area contributed by atoms with E-state index in [0.29, 0.717) is 6.54 Å². The van der Waals surface area contributed by atoms with Crippen LogP contribution in [0.15, 0.2) is 11.6 Å². The van der Waals surface area contributed by atoms with Crippen molar-refractivity contribution in [3.8, 4) is 0 Å². The Labute approximate surface area is 140 Å². The Morgan fingerprint density at radius 3 is 0.875 bits per heavy atom. The van der Waals surface area contributed by atoms with Gasteiger partial charge in [0.1, 0.15) is 0 Å². The van der Waals surface area contributed by atoms with Gasteiger partial charge < -0.3 is 36.5 Å². The Morgan fingerprint density at radius 1 is 0.688 bits per heavy atom. The van der Waals surface area contributed by atoms with Crippen molar-refractivity contribution in [2.24, 2.45) is 5.73 Å². The molecule has 0 aromatic heterocycles. The molecule has 0 aliphatic rings. The van der Waals surface area contributed by atoms with Crippen molar-refractivity contribution in [1.29, 1.82) is 0 Å². The van der Waals surface area contributed by atoms with Crippen molar-refractivity contribution in [2.45, 2.75) is 0 Å². The van der Waals surface area contributed by atoms with Crippen LogP contribution in [0.25, 0.3) is 0 Å². The zero-order valence-corrected chi connectivity index (χ0v) is 14.5. The molecule has 0 aromatic rings. The van der Waals surface area contributed by atoms with Gasteiger partial charge in [-0.3, -0.25) is 0 Å². The molecule has 0 atom stereocenters. The highest BCUT2D eigenvalue weighted by Gasteiger charge is 1.53. The second kappa shape index (κ2) is 194. The maximum absolute atomic E-state index is 5.04. The number of hydrogen-bond donors (Lipinski definition) is 6. The number of rotatable bonds is 1. The Hall–Kier alpha value is 1.53. The molecule has 13 heteroatoms. The van der Waals surface area contributed by atoms with Crippen molar-refractivity contribution in [3.63, 3.8) is 0 Å². The molecule has 0 fully saturated rings. The molecule has 0 bridgehead atoms. The molecule has 0 amide bonds. The summed E-state index contributed by atoms with van der Waals surface area (Å²) in [5, 5.41) is 0. The fraction of sp³-hybridized carbons (Fsp3) is 0.333. The highest BCUT2D eigenvalue weighted by molar-refractivity contribution is 6.25. The highest BCUT2D eigenvalue weighted by atomic mass is 35.5. The third-order valence-corrected chi connectivity index (χ3v) is 0.403. The first kappa shape index (κ1) is 157. The quantitative estimate of drug-likeness (QED) is 0.386. The molecule has 0 heterocycles. The summed E-state index contributed by atoms with van der Waals surface area (Å²) >= 11 is 5.04. The summed E-state index contributed by atoms with van der Waals surface area (Å²) < 4.78 is 0. The molecule has 0 radical (unpaired) electrons. The van der Waals surface area contributed by atoms with Crippen LogP contribution in [0.2, 0.25) is 0 Å². The number of hydrogen-bond acceptors (Lipinski definition) is 6. The zero-order chi connectivity index (χ0) is 4.12. The maximum Gasteiger partial charge on any atom is 0.0118 e. The fourth-order valence-electron chi connectivity index (χ4n) is 0.0514. The molecule has 0 aliphatic heterocycles. The van der Waals surface area contributed by atoms with Crippen LogP contribution in [-0.2, 0) is 0 Å².